The average Bonchev–Trinajstić information content (AvgIpc) is 3.34. The van der Waals surface area contributed by atoms with Gasteiger partial charge in [0.1, 0.15) is 5.75 Å². The van der Waals surface area contributed by atoms with Crippen LogP contribution in [0, 0.1) is 11.3 Å². The van der Waals surface area contributed by atoms with Crippen LogP contribution in [0.15, 0.2) is 48.6 Å². The van der Waals surface area contributed by atoms with Crippen LogP contribution in [-0.2, 0) is 9.53 Å². The van der Waals surface area contributed by atoms with E-state index in [0.717, 1.165) is 81.1 Å². The molecule has 0 N–H and O–H groups in total. The maximum Gasteiger partial charge on any atom is 0.333 e. The molecule has 0 spiro atoms. The summed E-state index contributed by atoms with van der Waals surface area (Å²) in [6.45, 7) is 15.0. The fourth-order valence-electron chi connectivity index (χ4n) is 8.44. The summed E-state index contributed by atoms with van der Waals surface area (Å²) in [4.78, 5) is 11.6. The number of carbonyl (C=O) groups is 1. The highest BCUT2D eigenvalue weighted by atomic mass is 16.5. The third kappa shape index (κ3) is 31.3. The fraction of sp³-hybridized carbons (Fsp3) is 0.705. The van der Waals surface area contributed by atoms with Gasteiger partial charge in [0.15, 0.2) is 11.5 Å². The lowest BCUT2D eigenvalue weighted by Gasteiger charge is -2.19. The molecule has 0 fully saturated rings. The molecule has 68 heavy (non-hydrogen) atoms. The predicted octanol–water partition coefficient (Wildman–Crippen LogP) is 18.7. The van der Waals surface area contributed by atoms with Crippen LogP contribution in [0.1, 0.15) is 257 Å². The Morgan fingerprint density at radius 1 is 0.485 bits per heavy atom. The van der Waals surface area contributed by atoms with E-state index < -0.39 is 0 Å². The van der Waals surface area contributed by atoms with E-state index in [1.165, 1.54) is 154 Å². The summed E-state index contributed by atoms with van der Waals surface area (Å²) in [6.07, 6.45) is 43.7. The molecule has 7 nitrogen and oxygen atoms in total. The van der Waals surface area contributed by atoms with Crippen LogP contribution >= 0.6 is 0 Å². The topological polar surface area (TPSA) is 87.0 Å². The monoisotopic (exact) mass is 942 g/mol. The third-order valence-corrected chi connectivity index (χ3v) is 12.8. The lowest BCUT2D eigenvalue weighted by molar-refractivity contribution is -0.139. The van der Waals surface area contributed by atoms with Crippen molar-refractivity contribution in [3.05, 3.63) is 59.7 Å². The molecule has 0 heterocycles. The van der Waals surface area contributed by atoms with E-state index >= 15 is 0 Å². The molecule has 0 aliphatic rings. The summed E-state index contributed by atoms with van der Waals surface area (Å²) in [6, 6.07) is 14.4. The van der Waals surface area contributed by atoms with Crippen LogP contribution in [0.5, 0.6) is 23.0 Å². The van der Waals surface area contributed by atoms with Gasteiger partial charge >= 0.3 is 5.97 Å². The van der Waals surface area contributed by atoms with Gasteiger partial charge in [0, 0.05) is 5.57 Å². The van der Waals surface area contributed by atoms with E-state index in [1.54, 1.807) is 6.92 Å². The van der Waals surface area contributed by atoms with E-state index in [-0.39, 0.29) is 5.97 Å². The molecule has 0 aliphatic heterocycles. The molecule has 2 aromatic carbocycles. The van der Waals surface area contributed by atoms with E-state index in [0.29, 0.717) is 61.4 Å². The number of unbranched alkanes of at least 4 members (excludes halogenated alkanes) is 30. The van der Waals surface area contributed by atoms with Gasteiger partial charge in [-0.1, -0.05) is 213 Å². The van der Waals surface area contributed by atoms with Crippen molar-refractivity contribution in [2.45, 2.75) is 246 Å². The van der Waals surface area contributed by atoms with Crippen molar-refractivity contribution in [3.8, 4) is 29.1 Å². The molecule has 2 rings (SSSR count). The standard InChI is InChI=1S/C61H99NO6/c1-6-9-12-15-18-21-24-27-30-36-45-65-58-50-55(56(52-62)49-54-40-42-57(43-41-54)64-44-35-33-34-39-48-68-61(63)53(4)5)51-59(66-46-37-31-28-25-22-19-16-13-10-7-2)60(58)67-47-38-32-29-26-23-20-17-14-11-8-3/h40-43,49-51H,4,6-39,44-48H2,1-3,5H3/b56-49+. The summed E-state index contributed by atoms with van der Waals surface area (Å²) in [7, 11) is 0. The molecule has 7 heteroatoms. The number of hydrogen-bond donors (Lipinski definition) is 0. The van der Waals surface area contributed by atoms with Crippen molar-refractivity contribution < 1.29 is 28.5 Å². The zero-order valence-corrected chi connectivity index (χ0v) is 44.2. The number of nitrogens with zero attached hydrogens (tertiary/aromatic N) is 1. The Kier molecular flexibility index (Phi) is 38.2. The van der Waals surface area contributed by atoms with E-state index in [2.05, 4.69) is 33.4 Å². The van der Waals surface area contributed by atoms with Gasteiger partial charge < -0.3 is 23.7 Å². The van der Waals surface area contributed by atoms with Gasteiger partial charge in [-0.2, -0.15) is 5.26 Å². The van der Waals surface area contributed by atoms with Gasteiger partial charge in [-0.15, -0.1) is 0 Å². The summed E-state index contributed by atoms with van der Waals surface area (Å²) < 4.78 is 31.1. The van der Waals surface area contributed by atoms with Crippen molar-refractivity contribution in [2.75, 3.05) is 33.0 Å². The first-order valence-electron chi connectivity index (χ1n) is 28.2. The van der Waals surface area contributed by atoms with Crippen molar-refractivity contribution in [2.24, 2.45) is 0 Å². The van der Waals surface area contributed by atoms with Crippen molar-refractivity contribution in [1.82, 2.24) is 0 Å². The predicted molar refractivity (Wildman–Crippen MR) is 288 cm³/mol. The normalized spacial score (nSPS) is 11.4. The second-order valence-corrected chi connectivity index (χ2v) is 19.3. The van der Waals surface area contributed by atoms with Gasteiger partial charge in [0.2, 0.25) is 5.75 Å². The molecular formula is C61H99NO6. The molecule has 384 valence electrons. The molecule has 2 aromatic rings. The van der Waals surface area contributed by atoms with E-state index in [4.69, 9.17) is 23.7 Å². The lowest BCUT2D eigenvalue weighted by atomic mass is 10.0. The Balaban J connectivity index is 2.17. The summed E-state index contributed by atoms with van der Waals surface area (Å²) in [5.41, 5.74) is 2.66. The van der Waals surface area contributed by atoms with Gasteiger partial charge in [-0.05, 0) is 93.3 Å². The van der Waals surface area contributed by atoms with Gasteiger partial charge in [0.25, 0.3) is 0 Å². The maximum absolute atomic E-state index is 11.6. The zero-order chi connectivity index (χ0) is 49.0. The molecular weight excluding hydrogens is 843 g/mol. The number of hydrogen-bond acceptors (Lipinski definition) is 7. The second-order valence-electron chi connectivity index (χ2n) is 19.3. The second kappa shape index (κ2) is 43.1. The number of allylic oxidation sites excluding steroid dienone is 1. The Morgan fingerprint density at radius 3 is 1.19 bits per heavy atom. The minimum Gasteiger partial charge on any atom is -0.494 e. The van der Waals surface area contributed by atoms with E-state index in [9.17, 15) is 10.1 Å². The molecule has 0 atom stereocenters. The highest BCUT2D eigenvalue weighted by Crippen LogP contribution is 2.41. The Hall–Kier alpha value is -3.92. The minimum atomic E-state index is -0.326. The van der Waals surface area contributed by atoms with Gasteiger partial charge in [-0.25, -0.2) is 4.79 Å². The summed E-state index contributed by atoms with van der Waals surface area (Å²) >= 11 is 0. The van der Waals surface area contributed by atoms with Crippen LogP contribution in [-0.4, -0.2) is 39.0 Å². The molecule has 0 bridgehead atoms. The summed E-state index contributed by atoms with van der Waals surface area (Å²) in [5, 5.41) is 10.6. The smallest absolute Gasteiger partial charge is 0.333 e. The quantitative estimate of drug-likeness (QED) is 0.0215. The Labute approximate surface area is 417 Å². The lowest BCUT2D eigenvalue weighted by Crippen LogP contribution is -2.07. The first-order valence-corrected chi connectivity index (χ1v) is 28.2. The number of esters is 1. The van der Waals surface area contributed by atoms with Crippen LogP contribution in [0.4, 0.5) is 0 Å². The molecule has 0 saturated carbocycles. The Bertz CT molecular complexity index is 1560. The van der Waals surface area contributed by atoms with Crippen LogP contribution in [0.25, 0.3) is 11.6 Å². The highest BCUT2D eigenvalue weighted by Gasteiger charge is 2.18. The van der Waals surface area contributed by atoms with E-state index in [1.807, 2.05) is 42.5 Å². The first-order chi connectivity index (χ1) is 33.4. The van der Waals surface area contributed by atoms with Crippen molar-refractivity contribution >= 4 is 17.6 Å². The van der Waals surface area contributed by atoms with Crippen molar-refractivity contribution in [1.29, 1.82) is 5.26 Å². The molecule has 0 unspecified atom stereocenters. The maximum atomic E-state index is 11.6. The Morgan fingerprint density at radius 2 is 0.824 bits per heavy atom. The average molecular weight is 942 g/mol. The molecule has 0 radical (unpaired) electrons. The van der Waals surface area contributed by atoms with Crippen LogP contribution in [0.3, 0.4) is 0 Å². The first kappa shape index (κ1) is 60.2. The fourth-order valence-corrected chi connectivity index (χ4v) is 8.44. The SMILES string of the molecule is C=C(C)C(=O)OCCCCCCOc1ccc(/C=C(\C#N)c2cc(OCCCCCCCCCCCC)c(OCCCCCCCCCCCC)c(OCCCCCCCCCCCC)c2)cc1. The minimum absolute atomic E-state index is 0.326. The van der Waals surface area contributed by atoms with Gasteiger partial charge in [-0.3, -0.25) is 0 Å². The number of carbonyl (C=O) groups excluding carboxylic acids is 1. The number of benzene rings is 2. The zero-order valence-electron chi connectivity index (χ0n) is 44.2. The molecule has 0 aliphatic carbocycles. The van der Waals surface area contributed by atoms with Crippen LogP contribution < -0.4 is 18.9 Å². The van der Waals surface area contributed by atoms with Crippen LogP contribution in [0.2, 0.25) is 0 Å². The number of rotatable bonds is 47. The molecule has 0 aromatic heterocycles. The largest absolute Gasteiger partial charge is 0.494 e. The molecule has 0 amide bonds. The molecule has 0 saturated heterocycles. The summed E-state index contributed by atoms with van der Waals surface area (Å²) in [5.74, 6) is 2.48. The van der Waals surface area contributed by atoms with Gasteiger partial charge in [0.05, 0.1) is 44.7 Å². The number of nitriles is 1. The third-order valence-electron chi connectivity index (χ3n) is 12.8. The number of ether oxygens (including phenoxy) is 5. The highest BCUT2D eigenvalue weighted by molar-refractivity contribution is 5.91. The van der Waals surface area contributed by atoms with Crippen molar-refractivity contribution in [3.63, 3.8) is 0 Å².